The monoisotopic (exact) mass is 390 g/mol. The molecule has 0 aliphatic carbocycles. The van der Waals surface area contributed by atoms with E-state index < -0.39 is 11.7 Å². The summed E-state index contributed by atoms with van der Waals surface area (Å²) in [5.74, 6) is -0.288. The van der Waals surface area contributed by atoms with Crippen LogP contribution in [-0.4, -0.2) is 31.4 Å². The molecule has 0 spiro atoms. The Balaban J connectivity index is 2.05. The summed E-state index contributed by atoms with van der Waals surface area (Å²) in [6, 6.07) is 12.5. The summed E-state index contributed by atoms with van der Waals surface area (Å²) >= 11 is 0. The number of amides is 1. The van der Waals surface area contributed by atoms with Crippen LogP contribution in [0.15, 0.2) is 54.6 Å². The molecule has 150 valence electrons. The zero-order valence-electron chi connectivity index (χ0n) is 16.3. The largest absolute Gasteiger partial charge is 0.416 e. The van der Waals surface area contributed by atoms with Gasteiger partial charge in [0.1, 0.15) is 0 Å². The van der Waals surface area contributed by atoms with Crippen molar-refractivity contribution < 1.29 is 18.0 Å². The fourth-order valence-corrected chi connectivity index (χ4v) is 2.68. The Morgan fingerprint density at radius 2 is 1.68 bits per heavy atom. The van der Waals surface area contributed by atoms with Crippen molar-refractivity contribution >= 4 is 12.0 Å². The molecule has 1 atom stereocenters. The molecule has 0 aliphatic heterocycles. The quantitative estimate of drug-likeness (QED) is 0.687. The fraction of sp³-hybridized carbons (Fsp3) is 0.318. The number of benzene rings is 2. The minimum Gasteiger partial charge on any atom is -0.346 e. The molecule has 0 radical (unpaired) electrons. The molecule has 0 bridgehead atoms. The fourth-order valence-electron chi connectivity index (χ4n) is 2.68. The van der Waals surface area contributed by atoms with Crippen LogP contribution in [0, 0.1) is 6.92 Å². The maximum atomic E-state index is 12.6. The summed E-state index contributed by atoms with van der Waals surface area (Å²) < 4.78 is 37.8. The maximum Gasteiger partial charge on any atom is 0.416 e. The number of alkyl halides is 3. The number of hydrogen-bond acceptors (Lipinski definition) is 2. The molecule has 28 heavy (non-hydrogen) atoms. The van der Waals surface area contributed by atoms with E-state index in [-0.39, 0.29) is 11.9 Å². The Kier molecular flexibility index (Phi) is 7.40. The van der Waals surface area contributed by atoms with Gasteiger partial charge in [0.25, 0.3) is 0 Å². The predicted molar refractivity (Wildman–Crippen MR) is 106 cm³/mol. The van der Waals surface area contributed by atoms with E-state index in [1.54, 1.807) is 0 Å². The highest BCUT2D eigenvalue weighted by atomic mass is 19.4. The molecule has 0 saturated heterocycles. The van der Waals surface area contributed by atoms with Gasteiger partial charge in [-0.05, 0) is 63.3 Å². The molecule has 6 heteroatoms. The van der Waals surface area contributed by atoms with Crippen LogP contribution in [-0.2, 0) is 11.0 Å². The molecule has 0 aliphatic rings. The van der Waals surface area contributed by atoms with Crippen molar-refractivity contribution in [2.75, 3.05) is 20.6 Å². The Bertz CT molecular complexity index is 794. The Morgan fingerprint density at radius 1 is 1.07 bits per heavy atom. The highest BCUT2D eigenvalue weighted by Gasteiger charge is 2.29. The lowest BCUT2D eigenvalue weighted by Crippen LogP contribution is -2.29. The van der Waals surface area contributed by atoms with Crippen molar-refractivity contribution in [3.63, 3.8) is 0 Å². The standard InChI is InChI=1S/C22H25F3N2O/c1-16-4-9-18(10-5-16)20(14-15-27(2)3)26-21(28)13-8-17-6-11-19(12-7-17)22(23,24)25/h4-13,20H,14-15H2,1-3H3,(H,26,28)/b13-8+. The van der Waals surface area contributed by atoms with Gasteiger partial charge in [-0.2, -0.15) is 13.2 Å². The number of hydrogen-bond donors (Lipinski definition) is 1. The molecule has 0 fully saturated rings. The van der Waals surface area contributed by atoms with Gasteiger partial charge in [0.05, 0.1) is 11.6 Å². The second-order valence-corrected chi connectivity index (χ2v) is 7.02. The maximum absolute atomic E-state index is 12.6. The van der Waals surface area contributed by atoms with Gasteiger partial charge in [-0.25, -0.2) is 0 Å². The SMILES string of the molecule is Cc1ccc(C(CCN(C)C)NC(=O)/C=C/c2ccc(C(F)(F)F)cc2)cc1. The van der Waals surface area contributed by atoms with Crippen LogP contribution in [0.25, 0.3) is 6.08 Å². The Morgan fingerprint density at radius 3 is 2.21 bits per heavy atom. The van der Waals surface area contributed by atoms with Gasteiger partial charge in [-0.1, -0.05) is 42.0 Å². The number of nitrogens with one attached hydrogen (secondary N) is 1. The van der Waals surface area contributed by atoms with E-state index in [0.717, 1.165) is 36.2 Å². The van der Waals surface area contributed by atoms with E-state index in [1.165, 1.54) is 24.3 Å². The molecule has 2 aromatic rings. The van der Waals surface area contributed by atoms with Gasteiger partial charge in [0.2, 0.25) is 5.91 Å². The third-order valence-corrected chi connectivity index (χ3v) is 4.33. The molecular weight excluding hydrogens is 365 g/mol. The summed E-state index contributed by atoms with van der Waals surface area (Å²) in [7, 11) is 3.94. The first kappa shape index (κ1) is 21.7. The highest BCUT2D eigenvalue weighted by molar-refractivity contribution is 5.92. The number of carbonyl (C=O) groups excluding carboxylic acids is 1. The van der Waals surface area contributed by atoms with E-state index in [1.807, 2.05) is 50.2 Å². The van der Waals surface area contributed by atoms with Gasteiger partial charge in [0, 0.05) is 6.08 Å². The van der Waals surface area contributed by atoms with Crippen LogP contribution >= 0.6 is 0 Å². The van der Waals surface area contributed by atoms with Gasteiger partial charge >= 0.3 is 6.18 Å². The van der Waals surface area contributed by atoms with Gasteiger partial charge < -0.3 is 10.2 Å². The number of aryl methyl sites for hydroxylation is 1. The van der Waals surface area contributed by atoms with Crippen molar-refractivity contribution in [3.05, 3.63) is 76.9 Å². The van der Waals surface area contributed by atoms with Crippen molar-refractivity contribution in [1.82, 2.24) is 10.2 Å². The smallest absolute Gasteiger partial charge is 0.346 e. The second-order valence-electron chi connectivity index (χ2n) is 7.02. The molecule has 1 amide bonds. The predicted octanol–water partition coefficient (Wildman–Crippen LogP) is 4.84. The molecule has 0 aromatic heterocycles. The lowest BCUT2D eigenvalue weighted by molar-refractivity contribution is -0.137. The number of rotatable bonds is 7. The van der Waals surface area contributed by atoms with Crippen LogP contribution in [0.3, 0.4) is 0 Å². The normalized spacial score (nSPS) is 13.1. The third kappa shape index (κ3) is 6.85. The first-order chi connectivity index (χ1) is 13.1. The number of halogens is 3. The minimum absolute atomic E-state index is 0.146. The summed E-state index contributed by atoms with van der Waals surface area (Å²) in [6.07, 6.45) is -0.768. The van der Waals surface area contributed by atoms with Crippen LogP contribution in [0.5, 0.6) is 0 Å². The first-order valence-corrected chi connectivity index (χ1v) is 9.02. The summed E-state index contributed by atoms with van der Waals surface area (Å²) in [6.45, 7) is 2.81. The van der Waals surface area contributed by atoms with Gasteiger partial charge in [-0.3, -0.25) is 4.79 Å². The molecular formula is C22H25F3N2O. The van der Waals surface area contributed by atoms with E-state index >= 15 is 0 Å². The average molecular weight is 390 g/mol. The summed E-state index contributed by atoms with van der Waals surface area (Å²) in [5, 5.41) is 2.98. The second kappa shape index (κ2) is 9.55. The zero-order valence-corrected chi connectivity index (χ0v) is 16.3. The van der Waals surface area contributed by atoms with Crippen molar-refractivity contribution in [3.8, 4) is 0 Å². The highest BCUT2D eigenvalue weighted by Crippen LogP contribution is 2.29. The Labute approximate surface area is 163 Å². The summed E-state index contributed by atoms with van der Waals surface area (Å²) in [5.41, 5.74) is 1.98. The van der Waals surface area contributed by atoms with Gasteiger partial charge in [0.15, 0.2) is 0 Å². The Hall–Kier alpha value is -2.60. The molecule has 2 aromatic carbocycles. The number of nitrogens with zero attached hydrogens (tertiary/aromatic N) is 1. The van der Waals surface area contributed by atoms with Crippen LogP contribution < -0.4 is 5.32 Å². The van der Waals surface area contributed by atoms with Crippen molar-refractivity contribution in [1.29, 1.82) is 0 Å². The lowest BCUT2D eigenvalue weighted by Gasteiger charge is -2.21. The first-order valence-electron chi connectivity index (χ1n) is 9.02. The van der Waals surface area contributed by atoms with E-state index in [4.69, 9.17) is 0 Å². The molecule has 0 saturated carbocycles. The van der Waals surface area contributed by atoms with Crippen LogP contribution in [0.1, 0.15) is 34.7 Å². The molecule has 1 N–H and O–H groups in total. The van der Waals surface area contributed by atoms with E-state index in [9.17, 15) is 18.0 Å². The van der Waals surface area contributed by atoms with Crippen LogP contribution in [0.2, 0.25) is 0 Å². The topological polar surface area (TPSA) is 32.3 Å². The van der Waals surface area contributed by atoms with E-state index in [2.05, 4.69) is 5.32 Å². The third-order valence-electron chi connectivity index (χ3n) is 4.33. The molecule has 2 rings (SSSR count). The minimum atomic E-state index is -4.37. The van der Waals surface area contributed by atoms with E-state index in [0.29, 0.717) is 5.56 Å². The summed E-state index contributed by atoms with van der Waals surface area (Å²) in [4.78, 5) is 14.4. The lowest BCUT2D eigenvalue weighted by atomic mass is 10.0. The molecule has 3 nitrogen and oxygen atoms in total. The molecule has 0 heterocycles. The zero-order chi connectivity index (χ0) is 20.7. The van der Waals surface area contributed by atoms with Crippen molar-refractivity contribution in [2.45, 2.75) is 25.6 Å². The van der Waals surface area contributed by atoms with Crippen molar-refractivity contribution in [2.24, 2.45) is 0 Å². The van der Waals surface area contributed by atoms with Gasteiger partial charge in [-0.15, -0.1) is 0 Å². The number of carbonyl (C=O) groups is 1. The van der Waals surface area contributed by atoms with Crippen LogP contribution in [0.4, 0.5) is 13.2 Å². The average Bonchev–Trinajstić information content (AvgIpc) is 2.63. The molecule has 1 unspecified atom stereocenters.